The second kappa shape index (κ2) is 9.24. The van der Waals surface area contributed by atoms with Gasteiger partial charge in [-0.3, -0.25) is 9.36 Å². The monoisotopic (exact) mass is 460 g/mol. The molecule has 0 unspecified atom stereocenters. The predicted molar refractivity (Wildman–Crippen MR) is 138 cm³/mol. The Morgan fingerprint density at radius 1 is 1.03 bits per heavy atom. The van der Waals surface area contributed by atoms with E-state index in [1.165, 1.54) is 46.4 Å². The number of hydrogen-bond acceptors (Lipinski definition) is 4. The summed E-state index contributed by atoms with van der Waals surface area (Å²) in [7, 11) is 0. The first-order valence-electron chi connectivity index (χ1n) is 11.5. The van der Waals surface area contributed by atoms with Crippen LogP contribution in [0.5, 0.6) is 0 Å². The van der Waals surface area contributed by atoms with Crippen LogP contribution in [0.3, 0.4) is 0 Å². The largest absolute Gasteiger partial charge is 0.268 e. The van der Waals surface area contributed by atoms with Crippen molar-refractivity contribution in [1.29, 1.82) is 0 Å². The average molecular weight is 461 g/mol. The Balaban J connectivity index is 1.65. The van der Waals surface area contributed by atoms with Crippen LogP contribution in [0.15, 0.2) is 58.5 Å². The molecule has 0 N–H and O–H groups in total. The minimum Gasteiger partial charge on any atom is -0.268 e. The van der Waals surface area contributed by atoms with E-state index in [9.17, 15) is 4.79 Å². The average Bonchev–Trinajstić information content (AvgIpc) is 3.19. The standard InChI is InChI=1S/C27H28N2OS2/c1-3-4-5-8-17-31-27-28-25-23(26(30)29(27)20-14-11-18(2)12-15-20)22-16-13-19-9-6-7-10-21(19)24(22)32-25/h6-7,9-12,14-15H,3-5,8,13,16-17H2,1-2H3. The Kier molecular flexibility index (Phi) is 6.20. The molecule has 1 aliphatic rings. The van der Waals surface area contributed by atoms with Gasteiger partial charge in [-0.2, -0.15) is 0 Å². The zero-order valence-corrected chi connectivity index (χ0v) is 20.3. The van der Waals surface area contributed by atoms with Crippen molar-refractivity contribution in [2.75, 3.05) is 5.75 Å². The minimum atomic E-state index is 0.0757. The zero-order chi connectivity index (χ0) is 22.1. The number of thioether (sulfide) groups is 1. The molecule has 2 aromatic carbocycles. The zero-order valence-electron chi connectivity index (χ0n) is 18.7. The molecule has 4 aromatic rings. The van der Waals surface area contributed by atoms with Crippen molar-refractivity contribution in [3.05, 3.63) is 75.6 Å². The molecule has 0 amide bonds. The van der Waals surface area contributed by atoms with Gasteiger partial charge in [-0.25, -0.2) is 4.98 Å². The van der Waals surface area contributed by atoms with Gasteiger partial charge in [0.25, 0.3) is 5.56 Å². The highest BCUT2D eigenvalue weighted by Crippen LogP contribution is 2.42. The molecule has 0 radical (unpaired) electrons. The molecule has 32 heavy (non-hydrogen) atoms. The van der Waals surface area contributed by atoms with Crippen molar-refractivity contribution in [3.8, 4) is 16.1 Å². The van der Waals surface area contributed by atoms with E-state index in [0.29, 0.717) is 0 Å². The van der Waals surface area contributed by atoms with E-state index in [-0.39, 0.29) is 5.56 Å². The molecule has 5 heteroatoms. The molecule has 0 bridgehead atoms. The first-order valence-corrected chi connectivity index (χ1v) is 13.3. The maximum atomic E-state index is 13.9. The number of aromatic nitrogens is 2. The van der Waals surface area contributed by atoms with Crippen LogP contribution in [-0.2, 0) is 12.8 Å². The van der Waals surface area contributed by atoms with Gasteiger partial charge >= 0.3 is 0 Å². The summed E-state index contributed by atoms with van der Waals surface area (Å²) in [6, 6.07) is 16.8. The second-order valence-corrected chi connectivity index (χ2v) is 10.6. The van der Waals surface area contributed by atoms with Gasteiger partial charge in [-0.05, 0) is 55.0 Å². The molecule has 2 heterocycles. The van der Waals surface area contributed by atoms with E-state index in [1.807, 2.05) is 16.7 Å². The summed E-state index contributed by atoms with van der Waals surface area (Å²) >= 11 is 3.40. The van der Waals surface area contributed by atoms with E-state index in [2.05, 4.69) is 50.2 Å². The molecule has 0 aliphatic heterocycles. The van der Waals surface area contributed by atoms with E-state index in [1.54, 1.807) is 23.1 Å². The van der Waals surface area contributed by atoms with Gasteiger partial charge < -0.3 is 0 Å². The van der Waals surface area contributed by atoms with E-state index < -0.39 is 0 Å². The molecule has 3 nitrogen and oxygen atoms in total. The summed E-state index contributed by atoms with van der Waals surface area (Å²) in [4.78, 5) is 21.1. The predicted octanol–water partition coefficient (Wildman–Crippen LogP) is 7.19. The van der Waals surface area contributed by atoms with Gasteiger partial charge in [0.2, 0.25) is 0 Å². The molecule has 5 rings (SSSR count). The molecule has 0 spiro atoms. The lowest BCUT2D eigenvalue weighted by Gasteiger charge is -2.16. The molecule has 0 saturated carbocycles. The van der Waals surface area contributed by atoms with Gasteiger partial charge in [0.05, 0.1) is 11.1 Å². The second-order valence-electron chi connectivity index (χ2n) is 8.53. The molecule has 0 atom stereocenters. The third-order valence-corrected chi connectivity index (χ3v) is 8.41. The fourth-order valence-electron chi connectivity index (χ4n) is 4.47. The summed E-state index contributed by atoms with van der Waals surface area (Å²) in [6.07, 6.45) is 6.74. The van der Waals surface area contributed by atoms with Gasteiger partial charge in [0, 0.05) is 10.6 Å². The third-order valence-electron chi connectivity index (χ3n) is 6.22. The van der Waals surface area contributed by atoms with Crippen molar-refractivity contribution in [2.24, 2.45) is 0 Å². The quantitative estimate of drug-likeness (QED) is 0.166. The first-order chi connectivity index (χ1) is 15.7. The Bertz CT molecular complexity index is 1320. The number of hydrogen-bond donors (Lipinski definition) is 0. The molecule has 164 valence electrons. The molecule has 0 saturated heterocycles. The Labute approximate surface area is 197 Å². The summed E-state index contributed by atoms with van der Waals surface area (Å²) in [5.41, 5.74) is 5.99. The molecular weight excluding hydrogens is 432 g/mol. The van der Waals surface area contributed by atoms with Crippen molar-refractivity contribution in [1.82, 2.24) is 9.55 Å². The molecule has 1 aliphatic carbocycles. The highest BCUT2D eigenvalue weighted by atomic mass is 32.2. The highest BCUT2D eigenvalue weighted by Gasteiger charge is 2.25. The van der Waals surface area contributed by atoms with E-state index in [0.717, 1.165) is 46.1 Å². The lowest BCUT2D eigenvalue weighted by atomic mass is 9.90. The van der Waals surface area contributed by atoms with E-state index >= 15 is 0 Å². The smallest absolute Gasteiger partial charge is 0.267 e. The normalized spacial score (nSPS) is 12.7. The van der Waals surface area contributed by atoms with Crippen LogP contribution in [0.2, 0.25) is 0 Å². The summed E-state index contributed by atoms with van der Waals surface area (Å²) in [6.45, 7) is 4.30. The van der Waals surface area contributed by atoms with Gasteiger partial charge in [-0.1, -0.05) is 79.9 Å². The molecule has 0 fully saturated rings. The van der Waals surface area contributed by atoms with Crippen LogP contribution in [0, 0.1) is 6.92 Å². The van der Waals surface area contributed by atoms with Crippen LogP contribution in [0.1, 0.15) is 49.3 Å². The lowest BCUT2D eigenvalue weighted by molar-refractivity contribution is 0.705. The first kappa shape index (κ1) is 21.5. The number of rotatable bonds is 7. The minimum absolute atomic E-state index is 0.0757. The van der Waals surface area contributed by atoms with Crippen LogP contribution in [-0.4, -0.2) is 15.3 Å². The lowest BCUT2D eigenvalue weighted by Crippen LogP contribution is -2.22. The van der Waals surface area contributed by atoms with Gasteiger partial charge in [-0.15, -0.1) is 11.3 Å². The number of fused-ring (bicyclic) bond motifs is 5. The van der Waals surface area contributed by atoms with Crippen LogP contribution >= 0.6 is 23.1 Å². The van der Waals surface area contributed by atoms with Crippen LogP contribution in [0.25, 0.3) is 26.3 Å². The Hall–Kier alpha value is -2.37. The van der Waals surface area contributed by atoms with Crippen molar-refractivity contribution in [3.63, 3.8) is 0 Å². The fourth-order valence-corrected chi connectivity index (χ4v) is 6.81. The number of thiophene rings is 1. The fraction of sp³-hybridized carbons (Fsp3) is 0.333. The van der Waals surface area contributed by atoms with Crippen molar-refractivity contribution >= 4 is 33.3 Å². The van der Waals surface area contributed by atoms with Gasteiger partial charge in [0.15, 0.2) is 5.16 Å². The maximum absolute atomic E-state index is 13.9. The van der Waals surface area contributed by atoms with E-state index in [4.69, 9.17) is 4.98 Å². The molecular formula is C27H28N2OS2. The Morgan fingerprint density at radius 3 is 2.66 bits per heavy atom. The summed E-state index contributed by atoms with van der Waals surface area (Å²) in [5.74, 6) is 0.984. The third kappa shape index (κ3) is 3.93. The van der Waals surface area contributed by atoms with Crippen LogP contribution < -0.4 is 5.56 Å². The van der Waals surface area contributed by atoms with Crippen LogP contribution in [0.4, 0.5) is 0 Å². The number of benzene rings is 2. The number of nitrogens with zero attached hydrogens (tertiary/aromatic N) is 2. The van der Waals surface area contributed by atoms with Crippen molar-refractivity contribution in [2.45, 2.75) is 57.5 Å². The maximum Gasteiger partial charge on any atom is 0.267 e. The Morgan fingerprint density at radius 2 is 1.84 bits per heavy atom. The number of aryl methyl sites for hydroxylation is 3. The van der Waals surface area contributed by atoms with Crippen molar-refractivity contribution < 1.29 is 0 Å². The summed E-state index contributed by atoms with van der Waals surface area (Å²) < 4.78 is 1.85. The molecule has 2 aromatic heterocycles. The highest BCUT2D eigenvalue weighted by molar-refractivity contribution is 7.99. The van der Waals surface area contributed by atoms with Gasteiger partial charge in [0.1, 0.15) is 4.83 Å². The summed E-state index contributed by atoms with van der Waals surface area (Å²) in [5, 5.41) is 1.63. The number of unbranched alkanes of at least 4 members (excludes halogenated alkanes) is 3. The topological polar surface area (TPSA) is 34.9 Å². The SMILES string of the molecule is CCCCCCSc1nc2sc3c(c2c(=O)n1-c1ccc(C)cc1)CCc1ccccc1-3.